The van der Waals surface area contributed by atoms with E-state index in [1.165, 1.54) is 0 Å². The van der Waals surface area contributed by atoms with Crippen LogP contribution in [0.15, 0.2) is 48.5 Å². The van der Waals surface area contributed by atoms with E-state index in [-0.39, 0.29) is 6.61 Å². The van der Waals surface area contributed by atoms with Crippen LogP contribution in [0.5, 0.6) is 11.5 Å². The molecular weight excluding hydrogens is 332 g/mol. The van der Waals surface area contributed by atoms with Gasteiger partial charge in [-0.05, 0) is 67.8 Å². The highest BCUT2D eigenvalue weighted by molar-refractivity contribution is 6.49. The largest absolute Gasteiger partial charge is 0.497 e. The molecule has 0 radical (unpaired) electrons. The quantitative estimate of drug-likeness (QED) is 0.378. The van der Waals surface area contributed by atoms with E-state index in [1.54, 1.807) is 55.6 Å². The Balaban J connectivity index is 1.88. The Morgan fingerprint density at radius 3 is 1.77 bits per heavy atom. The van der Waals surface area contributed by atoms with Crippen LogP contribution in [0.1, 0.15) is 46.4 Å². The maximum absolute atomic E-state index is 12.3. The molecule has 1 N–H and O–H groups in total. The van der Waals surface area contributed by atoms with Crippen LogP contribution in [-0.4, -0.2) is 37.0 Å². The lowest BCUT2D eigenvalue weighted by molar-refractivity contribution is 0.0817. The first-order chi connectivity index (χ1) is 12.7. The van der Waals surface area contributed by atoms with Gasteiger partial charge in [0.2, 0.25) is 11.6 Å². The molecule has 0 aromatic heterocycles. The number of Topliss-reactive ketones (excluding diaryl/α,β-unsaturated/α-hetero) is 2. The van der Waals surface area contributed by atoms with Gasteiger partial charge in [0.05, 0.1) is 13.7 Å². The van der Waals surface area contributed by atoms with E-state index in [9.17, 15) is 9.59 Å². The normalized spacial score (nSPS) is 10.4. The van der Waals surface area contributed by atoms with Crippen LogP contribution in [0, 0.1) is 0 Å². The van der Waals surface area contributed by atoms with Gasteiger partial charge in [0.15, 0.2) is 0 Å². The minimum absolute atomic E-state index is 0.228. The first kappa shape index (κ1) is 19.7. The molecule has 2 rings (SSSR count). The Morgan fingerprint density at radius 1 is 0.769 bits per heavy atom. The Kier molecular flexibility index (Phi) is 7.83. The summed E-state index contributed by atoms with van der Waals surface area (Å²) in [6.07, 6.45) is 3.73. The summed E-state index contributed by atoms with van der Waals surface area (Å²) in [7, 11) is 1.54. The van der Waals surface area contributed by atoms with Gasteiger partial charge in [0, 0.05) is 17.7 Å². The number of methoxy groups -OCH3 is 1. The highest BCUT2D eigenvalue weighted by Gasteiger charge is 2.18. The lowest BCUT2D eigenvalue weighted by Gasteiger charge is -2.07. The van der Waals surface area contributed by atoms with Gasteiger partial charge in [-0.3, -0.25) is 9.59 Å². The van der Waals surface area contributed by atoms with Crippen molar-refractivity contribution in [2.24, 2.45) is 0 Å². The van der Waals surface area contributed by atoms with E-state index in [2.05, 4.69) is 0 Å². The van der Waals surface area contributed by atoms with Crippen LogP contribution in [0.25, 0.3) is 0 Å². The smallest absolute Gasteiger partial charge is 0.233 e. The number of benzene rings is 2. The Hall–Kier alpha value is -2.66. The maximum atomic E-state index is 12.3. The molecule has 5 nitrogen and oxygen atoms in total. The molecule has 0 aliphatic heterocycles. The van der Waals surface area contributed by atoms with Gasteiger partial charge >= 0.3 is 0 Å². The van der Waals surface area contributed by atoms with Gasteiger partial charge in [-0.2, -0.15) is 0 Å². The fourth-order valence-corrected chi connectivity index (χ4v) is 2.46. The van der Waals surface area contributed by atoms with Crippen LogP contribution in [0.2, 0.25) is 0 Å². The highest BCUT2D eigenvalue weighted by Crippen LogP contribution is 2.17. The second-order valence-corrected chi connectivity index (χ2v) is 5.90. The zero-order chi connectivity index (χ0) is 18.8. The number of carbonyl (C=O) groups is 2. The molecule has 5 heteroatoms. The molecule has 0 heterocycles. The number of unbranched alkanes of at least 4 members (excludes halogenated alkanes) is 3. The number of aliphatic hydroxyl groups is 1. The molecule has 0 aliphatic carbocycles. The molecule has 0 fully saturated rings. The molecule has 0 bridgehead atoms. The molecule has 0 spiro atoms. The molecule has 0 amide bonds. The molecule has 0 saturated heterocycles. The molecule has 0 aliphatic rings. The van der Waals surface area contributed by atoms with Crippen molar-refractivity contribution in [2.45, 2.75) is 25.7 Å². The van der Waals surface area contributed by atoms with Crippen molar-refractivity contribution < 1.29 is 24.2 Å². The summed E-state index contributed by atoms with van der Waals surface area (Å²) in [5.41, 5.74) is 0.667. The number of ether oxygens (including phenoxy) is 2. The second kappa shape index (κ2) is 10.4. The van der Waals surface area contributed by atoms with E-state index in [0.29, 0.717) is 29.2 Å². The topological polar surface area (TPSA) is 72.8 Å². The van der Waals surface area contributed by atoms with Gasteiger partial charge in [-0.1, -0.05) is 6.42 Å². The maximum Gasteiger partial charge on any atom is 0.233 e. The number of ketones is 2. The van der Waals surface area contributed by atoms with Gasteiger partial charge in [0.1, 0.15) is 11.5 Å². The minimum atomic E-state index is -0.551. The van der Waals surface area contributed by atoms with E-state index in [1.807, 2.05) is 0 Å². The number of hydrogen-bond acceptors (Lipinski definition) is 5. The van der Waals surface area contributed by atoms with Gasteiger partial charge in [-0.15, -0.1) is 0 Å². The number of hydrogen-bond donors (Lipinski definition) is 1. The van der Waals surface area contributed by atoms with Crippen LogP contribution in [0.4, 0.5) is 0 Å². The summed E-state index contributed by atoms with van der Waals surface area (Å²) in [6.45, 7) is 0.815. The molecule has 2 aromatic carbocycles. The third-order valence-corrected chi connectivity index (χ3v) is 4.00. The second-order valence-electron chi connectivity index (χ2n) is 5.90. The highest BCUT2D eigenvalue weighted by atomic mass is 16.5. The van der Waals surface area contributed by atoms with E-state index in [4.69, 9.17) is 14.6 Å². The lowest BCUT2D eigenvalue weighted by Crippen LogP contribution is -2.14. The zero-order valence-corrected chi connectivity index (χ0v) is 14.9. The SMILES string of the molecule is COc1ccc(C(=O)C(=O)c2ccc(OCCCCCCO)cc2)cc1. The van der Waals surface area contributed by atoms with Crippen molar-refractivity contribution in [3.63, 3.8) is 0 Å². The minimum Gasteiger partial charge on any atom is -0.497 e. The predicted octanol–water partition coefficient (Wildman–Crippen LogP) is 3.69. The monoisotopic (exact) mass is 356 g/mol. The lowest BCUT2D eigenvalue weighted by atomic mass is 10.0. The Labute approximate surface area is 153 Å². The van der Waals surface area contributed by atoms with Crippen LogP contribution < -0.4 is 9.47 Å². The van der Waals surface area contributed by atoms with E-state index >= 15 is 0 Å². The molecule has 0 saturated carbocycles. The van der Waals surface area contributed by atoms with Crippen molar-refractivity contribution in [1.29, 1.82) is 0 Å². The fraction of sp³-hybridized carbons (Fsp3) is 0.333. The molecular formula is C21H24O5. The van der Waals surface area contributed by atoms with Crippen LogP contribution in [0.3, 0.4) is 0 Å². The number of aliphatic hydroxyl groups excluding tert-OH is 1. The summed E-state index contributed by atoms with van der Waals surface area (Å²) in [4.78, 5) is 24.6. The van der Waals surface area contributed by atoms with Crippen molar-refractivity contribution in [1.82, 2.24) is 0 Å². The van der Waals surface area contributed by atoms with Crippen molar-refractivity contribution in [3.05, 3.63) is 59.7 Å². The summed E-state index contributed by atoms with van der Waals surface area (Å²) in [5, 5.41) is 8.72. The summed E-state index contributed by atoms with van der Waals surface area (Å²) < 4.78 is 10.7. The van der Waals surface area contributed by atoms with Crippen molar-refractivity contribution >= 4 is 11.6 Å². The standard InChI is InChI=1S/C21H24O5/c1-25-18-10-6-16(7-11-18)20(23)21(24)17-8-12-19(13-9-17)26-15-5-3-2-4-14-22/h6-13,22H,2-5,14-15H2,1H3. The van der Waals surface area contributed by atoms with E-state index < -0.39 is 11.6 Å². The van der Waals surface area contributed by atoms with Gasteiger partial charge < -0.3 is 14.6 Å². The van der Waals surface area contributed by atoms with Crippen LogP contribution in [-0.2, 0) is 0 Å². The number of carbonyl (C=O) groups excluding carboxylic acids is 2. The number of rotatable bonds is 11. The molecule has 0 unspecified atom stereocenters. The summed E-state index contributed by atoms with van der Waals surface area (Å²) >= 11 is 0. The molecule has 138 valence electrons. The van der Waals surface area contributed by atoms with Crippen molar-refractivity contribution in [3.8, 4) is 11.5 Å². The predicted molar refractivity (Wildman–Crippen MR) is 99.1 cm³/mol. The first-order valence-electron chi connectivity index (χ1n) is 8.72. The molecule has 26 heavy (non-hydrogen) atoms. The van der Waals surface area contributed by atoms with Crippen LogP contribution >= 0.6 is 0 Å². The fourth-order valence-electron chi connectivity index (χ4n) is 2.46. The third kappa shape index (κ3) is 5.70. The summed E-state index contributed by atoms with van der Waals surface area (Å²) in [6, 6.07) is 13.1. The van der Waals surface area contributed by atoms with E-state index in [0.717, 1.165) is 25.7 Å². The van der Waals surface area contributed by atoms with Crippen molar-refractivity contribution in [2.75, 3.05) is 20.3 Å². The molecule has 2 aromatic rings. The van der Waals surface area contributed by atoms with Gasteiger partial charge in [-0.25, -0.2) is 0 Å². The summed E-state index contributed by atoms with van der Waals surface area (Å²) in [5.74, 6) is 0.198. The Bertz CT molecular complexity index is 704. The zero-order valence-electron chi connectivity index (χ0n) is 14.9. The average molecular weight is 356 g/mol. The Morgan fingerprint density at radius 2 is 1.27 bits per heavy atom. The molecule has 0 atom stereocenters. The van der Waals surface area contributed by atoms with Gasteiger partial charge in [0.25, 0.3) is 0 Å². The first-order valence-corrected chi connectivity index (χ1v) is 8.72. The average Bonchev–Trinajstić information content (AvgIpc) is 2.70. The third-order valence-electron chi connectivity index (χ3n) is 4.00.